The third kappa shape index (κ3) is 3.75. The molecule has 2 rings (SSSR count). The first-order chi connectivity index (χ1) is 9.22. The van der Waals surface area contributed by atoms with Gasteiger partial charge in [0.25, 0.3) is 0 Å². The first-order valence-corrected chi connectivity index (χ1v) is 6.72. The zero-order chi connectivity index (χ0) is 13.7. The van der Waals surface area contributed by atoms with Crippen molar-refractivity contribution in [2.24, 2.45) is 0 Å². The van der Waals surface area contributed by atoms with Gasteiger partial charge in [0.05, 0.1) is 5.02 Å². The summed E-state index contributed by atoms with van der Waals surface area (Å²) in [5.74, 6) is 1.12. The van der Waals surface area contributed by atoms with Crippen LogP contribution in [0, 0.1) is 0 Å². The lowest BCUT2D eigenvalue weighted by atomic mass is 10.1. The van der Waals surface area contributed by atoms with Crippen LogP contribution in [0.25, 0.3) is 11.5 Å². The number of aromatic nitrogens is 3. The summed E-state index contributed by atoms with van der Waals surface area (Å²) in [7, 11) is 1.94. The van der Waals surface area contributed by atoms with E-state index in [1.165, 1.54) is 0 Å². The van der Waals surface area contributed by atoms with Crippen LogP contribution in [0.2, 0.25) is 5.02 Å². The number of pyridine rings is 1. The minimum atomic E-state index is 0.358. The van der Waals surface area contributed by atoms with Crippen molar-refractivity contribution in [3.05, 3.63) is 29.2 Å². The topological polar surface area (TPSA) is 63.8 Å². The van der Waals surface area contributed by atoms with E-state index in [0.717, 1.165) is 19.3 Å². The van der Waals surface area contributed by atoms with E-state index in [2.05, 4.69) is 27.4 Å². The van der Waals surface area contributed by atoms with Crippen molar-refractivity contribution in [3.63, 3.8) is 0 Å². The predicted molar refractivity (Wildman–Crippen MR) is 74.0 cm³/mol. The Bertz CT molecular complexity index is 512. The average molecular weight is 281 g/mol. The van der Waals surface area contributed by atoms with Crippen LogP contribution < -0.4 is 5.32 Å². The average Bonchev–Trinajstić information content (AvgIpc) is 2.87. The summed E-state index contributed by atoms with van der Waals surface area (Å²) in [6.07, 6.45) is 4.49. The largest absolute Gasteiger partial charge is 0.339 e. The Morgan fingerprint density at radius 3 is 2.89 bits per heavy atom. The molecule has 102 valence electrons. The van der Waals surface area contributed by atoms with E-state index >= 15 is 0 Å². The summed E-state index contributed by atoms with van der Waals surface area (Å²) in [6.45, 7) is 2.15. The number of hydrogen-bond donors (Lipinski definition) is 1. The zero-order valence-electron chi connectivity index (χ0n) is 11.1. The van der Waals surface area contributed by atoms with Gasteiger partial charge in [-0.2, -0.15) is 4.98 Å². The standard InChI is InChI=1S/C13H17ClN4O/c1-3-4-10(15-2)7-12-17-13(18-19-12)11-6-5-9(14)8-16-11/h5-6,8,10,15H,3-4,7H2,1-2H3. The number of halogens is 1. The van der Waals surface area contributed by atoms with Gasteiger partial charge in [0, 0.05) is 18.7 Å². The molecule has 2 aromatic heterocycles. The van der Waals surface area contributed by atoms with Crippen molar-refractivity contribution in [3.8, 4) is 11.5 Å². The van der Waals surface area contributed by atoms with Crippen molar-refractivity contribution in [1.82, 2.24) is 20.4 Å². The van der Waals surface area contributed by atoms with Crippen LogP contribution >= 0.6 is 11.6 Å². The van der Waals surface area contributed by atoms with Gasteiger partial charge >= 0.3 is 0 Å². The molecule has 0 fully saturated rings. The van der Waals surface area contributed by atoms with Crippen molar-refractivity contribution in [2.45, 2.75) is 32.2 Å². The third-order valence-electron chi connectivity index (χ3n) is 2.89. The maximum absolute atomic E-state index is 5.79. The second-order valence-electron chi connectivity index (χ2n) is 4.35. The van der Waals surface area contributed by atoms with Gasteiger partial charge in [-0.1, -0.05) is 30.1 Å². The third-order valence-corrected chi connectivity index (χ3v) is 3.11. The molecule has 0 amide bonds. The summed E-state index contributed by atoms with van der Waals surface area (Å²) in [5, 5.41) is 7.78. The number of nitrogens with zero attached hydrogens (tertiary/aromatic N) is 3. The lowest BCUT2D eigenvalue weighted by molar-refractivity contribution is 0.356. The Morgan fingerprint density at radius 2 is 2.26 bits per heavy atom. The number of hydrogen-bond acceptors (Lipinski definition) is 5. The van der Waals surface area contributed by atoms with Gasteiger partial charge in [-0.05, 0) is 25.6 Å². The molecule has 0 spiro atoms. The van der Waals surface area contributed by atoms with Gasteiger partial charge in [-0.25, -0.2) is 0 Å². The lowest BCUT2D eigenvalue weighted by Gasteiger charge is -2.11. The van der Waals surface area contributed by atoms with Crippen LogP contribution in [0.15, 0.2) is 22.9 Å². The summed E-state index contributed by atoms with van der Waals surface area (Å²) >= 11 is 5.79. The molecule has 0 bridgehead atoms. The van der Waals surface area contributed by atoms with Gasteiger partial charge in [0.15, 0.2) is 0 Å². The van der Waals surface area contributed by atoms with Gasteiger partial charge in [-0.3, -0.25) is 4.98 Å². The van der Waals surface area contributed by atoms with E-state index in [9.17, 15) is 0 Å². The Labute approximate surface area is 117 Å². The highest BCUT2D eigenvalue weighted by molar-refractivity contribution is 6.30. The highest BCUT2D eigenvalue weighted by Crippen LogP contribution is 2.16. The van der Waals surface area contributed by atoms with Crippen LogP contribution in [-0.4, -0.2) is 28.2 Å². The molecule has 1 atom stereocenters. The molecule has 2 aromatic rings. The Hall–Kier alpha value is -1.46. The van der Waals surface area contributed by atoms with E-state index in [4.69, 9.17) is 16.1 Å². The van der Waals surface area contributed by atoms with E-state index in [0.29, 0.717) is 28.5 Å². The minimum Gasteiger partial charge on any atom is -0.339 e. The quantitative estimate of drug-likeness (QED) is 0.881. The molecule has 0 aliphatic rings. The molecule has 6 heteroatoms. The van der Waals surface area contributed by atoms with Crippen LogP contribution in [0.4, 0.5) is 0 Å². The highest BCUT2D eigenvalue weighted by atomic mass is 35.5. The van der Waals surface area contributed by atoms with Crippen LogP contribution in [0.5, 0.6) is 0 Å². The van der Waals surface area contributed by atoms with Crippen molar-refractivity contribution >= 4 is 11.6 Å². The molecular weight excluding hydrogens is 264 g/mol. The molecule has 1 unspecified atom stereocenters. The monoisotopic (exact) mass is 280 g/mol. The van der Waals surface area contributed by atoms with Crippen LogP contribution in [-0.2, 0) is 6.42 Å². The first-order valence-electron chi connectivity index (χ1n) is 6.34. The molecule has 0 aromatic carbocycles. The second kappa shape index (κ2) is 6.63. The summed E-state index contributed by atoms with van der Waals surface area (Å²) in [4.78, 5) is 8.52. The number of rotatable bonds is 6. The molecule has 2 heterocycles. The number of likely N-dealkylation sites (N-methyl/N-ethyl adjacent to an activating group) is 1. The van der Waals surface area contributed by atoms with E-state index in [-0.39, 0.29) is 0 Å². The molecule has 0 aliphatic carbocycles. The highest BCUT2D eigenvalue weighted by Gasteiger charge is 2.14. The fraction of sp³-hybridized carbons (Fsp3) is 0.462. The lowest BCUT2D eigenvalue weighted by Crippen LogP contribution is -2.27. The summed E-state index contributed by atoms with van der Waals surface area (Å²) in [5.41, 5.74) is 0.663. The first kappa shape index (κ1) is 14.0. The minimum absolute atomic E-state index is 0.358. The van der Waals surface area contributed by atoms with Crippen molar-refractivity contribution < 1.29 is 4.52 Å². The summed E-state index contributed by atoms with van der Waals surface area (Å²) in [6, 6.07) is 3.89. The van der Waals surface area contributed by atoms with E-state index < -0.39 is 0 Å². The molecule has 1 N–H and O–H groups in total. The van der Waals surface area contributed by atoms with Crippen molar-refractivity contribution in [2.75, 3.05) is 7.05 Å². The van der Waals surface area contributed by atoms with Crippen molar-refractivity contribution in [1.29, 1.82) is 0 Å². The molecular formula is C13H17ClN4O. The Morgan fingerprint density at radius 1 is 1.42 bits per heavy atom. The fourth-order valence-electron chi connectivity index (χ4n) is 1.86. The van der Waals surface area contributed by atoms with Crippen LogP contribution in [0.1, 0.15) is 25.7 Å². The Balaban J connectivity index is 2.08. The maximum atomic E-state index is 5.79. The molecule has 0 radical (unpaired) electrons. The van der Waals surface area contributed by atoms with Gasteiger partial charge in [0.2, 0.25) is 11.7 Å². The maximum Gasteiger partial charge on any atom is 0.228 e. The van der Waals surface area contributed by atoms with E-state index in [1.807, 2.05) is 7.05 Å². The summed E-state index contributed by atoms with van der Waals surface area (Å²) < 4.78 is 5.25. The normalized spacial score (nSPS) is 12.6. The van der Waals surface area contributed by atoms with Gasteiger partial charge in [-0.15, -0.1) is 0 Å². The molecule has 0 saturated heterocycles. The van der Waals surface area contributed by atoms with E-state index in [1.54, 1.807) is 18.3 Å². The smallest absolute Gasteiger partial charge is 0.228 e. The van der Waals surface area contributed by atoms with Crippen LogP contribution in [0.3, 0.4) is 0 Å². The van der Waals surface area contributed by atoms with Gasteiger partial charge in [0.1, 0.15) is 5.69 Å². The fourth-order valence-corrected chi connectivity index (χ4v) is 1.97. The number of nitrogens with one attached hydrogen (secondary N) is 1. The SMILES string of the molecule is CCCC(Cc1nc(-c2ccc(Cl)cn2)no1)NC. The Kier molecular flexibility index (Phi) is 4.87. The zero-order valence-corrected chi connectivity index (χ0v) is 11.8. The molecule has 0 aliphatic heterocycles. The van der Waals surface area contributed by atoms with Gasteiger partial charge < -0.3 is 9.84 Å². The molecule has 5 nitrogen and oxygen atoms in total. The second-order valence-corrected chi connectivity index (χ2v) is 4.79. The molecule has 0 saturated carbocycles. The molecule has 19 heavy (non-hydrogen) atoms. The predicted octanol–water partition coefficient (Wildman–Crippen LogP) is 2.72.